The van der Waals surface area contributed by atoms with E-state index < -0.39 is 0 Å². The van der Waals surface area contributed by atoms with Crippen LogP contribution in [-0.2, 0) is 4.74 Å². The lowest BCUT2D eigenvalue weighted by molar-refractivity contribution is 0.0525. The third-order valence-electron chi connectivity index (χ3n) is 2.78. The minimum Gasteiger partial charge on any atom is -0.381 e. The van der Waals surface area contributed by atoms with Crippen LogP contribution in [0.4, 0.5) is 0 Å². The van der Waals surface area contributed by atoms with Crippen molar-refractivity contribution in [1.82, 2.24) is 15.4 Å². The molecule has 0 aliphatic carbocycles. The van der Waals surface area contributed by atoms with E-state index in [-0.39, 0.29) is 6.04 Å². The van der Waals surface area contributed by atoms with E-state index in [4.69, 9.17) is 10.6 Å². The largest absolute Gasteiger partial charge is 0.381 e. The molecule has 0 amide bonds. The lowest BCUT2D eigenvalue weighted by atomic mass is 9.91. The third-order valence-corrected chi connectivity index (χ3v) is 2.78. The molecule has 1 fully saturated rings. The lowest BCUT2D eigenvalue weighted by Gasteiger charge is -2.28. The SMILES string of the molecule is NNC(c1ncccn1)C1CCOCC1. The first-order valence-electron chi connectivity index (χ1n) is 5.22. The van der Waals surface area contributed by atoms with E-state index in [1.807, 2.05) is 0 Å². The molecule has 2 heterocycles. The summed E-state index contributed by atoms with van der Waals surface area (Å²) in [7, 11) is 0. The van der Waals surface area contributed by atoms with Crippen LogP contribution < -0.4 is 11.3 Å². The molecular weight excluding hydrogens is 192 g/mol. The Labute approximate surface area is 89.0 Å². The van der Waals surface area contributed by atoms with Gasteiger partial charge in [-0.2, -0.15) is 0 Å². The highest BCUT2D eigenvalue weighted by Crippen LogP contribution is 2.26. The molecule has 3 N–H and O–H groups in total. The summed E-state index contributed by atoms with van der Waals surface area (Å²) in [6.45, 7) is 1.60. The first kappa shape index (κ1) is 10.5. The second-order valence-corrected chi connectivity index (χ2v) is 3.70. The molecule has 5 nitrogen and oxygen atoms in total. The fourth-order valence-corrected chi connectivity index (χ4v) is 1.94. The predicted octanol–water partition coefficient (Wildman–Crippen LogP) is 0.408. The maximum atomic E-state index is 5.56. The van der Waals surface area contributed by atoms with Crippen LogP contribution in [0.25, 0.3) is 0 Å². The molecule has 0 spiro atoms. The summed E-state index contributed by atoms with van der Waals surface area (Å²) in [5.74, 6) is 6.80. The molecule has 2 rings (SSSR count). The van der Waals surface area contributed by atoms with Gasteiger partial charge in [-0.05, 0) is 24.8 Å². The first-order valence-corrected chi connectivity index (χ1v) is 5.22. The molecule has 1 aromatic heterocycles. The Morgan fingerprint density at radius 2 is 2.00 bits per heavy atom. The number of rotatable bonds is 3. The zero-order valence-electron chi connectivity index (χ0n) is 8.60. The van der Waals surface area contributed by atoms with Gasteiger partial charge in [0.05, 0.1) is 6.04 Å². The van der Waals surface area contributed by atoms with Gasteiger partial charge in [-0.25, -0.2) is 15.4 Å². The van der Waals surface area contributed by atoms with Gasteiger partial charge >= 0.3 is 0 Å². The van der Waals surface area contributed by atoms with Crippen molar-refractivity contribution < 1.29 is 4.74 Å². The molecule has 1 atom stereocenters. The van der Waals surface area contributed by atoms with E-state index in [1.54, 1.807) is 18.5 Å². The second kappa shape index (κ2) is 5.16. The predicted molar refractivity (Wildman–Crippen MR) is 55.6 cm³/mol. The van der Waals surface area contributed by atoms with Crippen LogP contribution in [0.2, 0.25) is 0 Å². The standard InChI is InChI=1S/C10H16N4O/c11-14-9(8-2-6-15-7-3-8)10-12-4-1-5-13-10/h1,4-5,8-9,14H,2-3,6-7,11H2. The maximum Gasteiger partial charge on any atom is 0.146 e. The smallest absolute Gasteiger partial charge is 0.146 e. The number of hydrogen-bond acceptors (Lipinski definition) is 5. The van der Waals surface area contributed by atoms with Crippen molar-refractivity contribution in [1.29, 1.82) is 0 Å². The van der Waals surface area contributed by atoms with Crippen LogP contribution in [0.5, 0.6) is 0 Å². The van der Waals surface area contributed by atoms with Crippen LogP contribution in [0.15, 0.2) is 18.5 Å². The highest BCUT2D eigenvalue weighted by molar-refractivity contribution is 4.98. The summed E-state index contributed by atoms with van der Waals surface area (Å²) in [5, 5.41) is 0. The van der Waals surface area contributed by atoms with E-state index in [0.29, 0.717) is 5.92 Å². The molecule has 0 bridgehead atoms. The molecule has 5 heteroatoms. The Hall–Kier alpha value is -1.04. The third kappa shape index (κ3) is 2.50. The van der Waals surface area contributed by atoms with Crippen LogP contribution in [0, 0.1) is 5.92 Å². The van der Waals surface area contributed by atoms with Gasteiger partial charge in [0.25, 0.3) is 0 Å². The summed E-state index contributed by atoms with van der Waals surface area (Å²) in [4.78, 5) is 8.46. The summed E-state index contributed by atoms with van der Waals surface area (Å²) in [6, 6.07) is 1.84. The summed E-state index contributed by atoms with van der Waals surface area (Å²) in [5.41, 5.74) is 2.81. The Balaban J connectivity index is 2.09. The van der Waals surface area contributed by atoms with Gasteiger partial charge in [-0.3, -0.25) is 5.84 Å². The number of nitrogens with one attached hydrogen (secondary N) is 1. The van der Waals surface area contributed by atoms with Crippen molar-refractivity contribution in [2.45, 2.75) is 18.9 Å². The molecule has 1 unspecified atom stereocenters. The van der Waals surface area contributed by atoms with Gasteiger partial charge in [0.15, 0.2) is 0 Å². The molecule has 1 aliphatic heterocycles. The van der Waals surface area contributed by atoms with Crippen molar-refractivity contribution in [3.8, 4) is 0 Å². The minimum atomic E-state index is 0.0371. The van der Waals surface area contributed by atoms with Crippen LogP contribution in [0.3, 0.4) is 0 Å². The van der Waals surface area contributed by atoms with Gasteiger partial charge in [0.1, 0.15) is 5.82 Å². The van der Waals surface area contributed by atoms with Crippen molar-refractivity contribution in [2.75, 3.05) is 13.2 Å². The molecule has 1 saturated heterocycles. The number of nitrogens with two attached hydrogens (primary N) is 1. The summed E-state index contributed by atoms with van der Waals surface area (Å²) >= 11 is 0. The van der Waals surface area contributed by atoms with Crippen molar-refractivity contribution in [3.05, 3.63) is 24.3 Å². The van der Waals surface area contributed by atoms with Gasteiger partial charge < -0.3 is 4.74 Å². The van der Waals surface area contributed by atoms with Gasteiger partial charge in [-0.15, -0.1) is 0 Å². The van der Waals surface area contributed by atoms with E-state index in [0.717, 1.165) is 31.9 Å². The van der Waals surface area contributed by atoms with Crippen molar-refractivity contribution >= 4 is 0 Å². The summed E-state index contributed by atoms with van der Waals surface area (Å²) < 4.78 is 5.32. The molecule has 15 heavy (non-hydrogen) atoms. The second-order valence-electron chi connectivity index (χ2n) is 3.70. The topological polar surface area (TPSA) is 73.1 Å². The van der Waals surface area contributed by atoms with Gasteiger partial charge in [0, 0.05) is 25.6 Å². The Bertz CT molecular complexity index is 287. The number of hydrazine groups is 1. The average Bonchev–Trinajstić information content (AvgIpc) is 2.33. The Morgan fingerprint density at radius 1 is 1.33 bits per heavy atom. The highest BCUT2D eigenvalue weighted by Gasteiger charge is 2.26. The summed E-state index contributed by atoms with van der Waals surface area (Å²) in [6.07, 6.45) is 5.50. The van der Waals surface area contributed by atoms with E-state index >= 15 is 0 Å². The number of nitrogens with zero attached hydrogens (tertiary/aromatic N) is 2. The average molecular weight is 208 g/mol. The van der Waals surface area contributed by atoms with Gasteiger partial charge in [-0.1, -0.05) is 0 Å². The Kier molecular flexibility index (Phi) is 3.60. The van der Waals surface area contributed by atoms with Gasteiger partial charge in [0.2, 0.25) is 0 Å². The fourth-order valence-electron chi connectivity index (χ4n) is 1.94. The van der Waals surface area contributed by atoms with Crippen LogP contribution >= 0.6 is 0 Å². The molecule has 82 valence electrons. The number of ether oxygens (including phenoxy) is 1. The number of hydrogen-bond donors (Lipinski definition) is 2. The molecule has 1 aromatic rings. The minimum absolute atomic E-state index is 0.0371. The highest BCUT2D eigenvalue weighted by atomic mass is 16.5. The molecular formula is C10H16N4O. The molecule has 0 radical (unpaired) electrons. The molecule has 0 saturated carbocycles. The van der Waals surface area contributed by atoms with Crippen LogP contribution in [0.1, 0.15) is 24.7 Å². The van der Waals surface area contributed by atoms with Crippen molar-refractivity contribution in [3.63, 3.8) is 0 Å². The number of aromatic nitrogens is 2. The monoisotopic (exact) mass is 208 g/mol. The Morgan fingerprint density at radius 3 is 2.60 bits per heavy atom. The lowest BCUT2D eigenvalue weighted by Crippen LogP contribution is -2.37. The van der Waals surface area contributed by atoms with Crippen LogP contribution in [-0.4, -0.2) is 23.2 Å². The first-order chi connectivity index (χ1) is 7.42. The maximum absolute atomic E-state index is 5.56. The zero-order valence-corrected chi connectivity index (χ0v) is 8.60. The zero-order chi connectivity index (χ0) is 10.5. The van der Waals surface area contributed by atoms with E-state index in [2.05, 4.69) is 15.4 Å². The molecule has 1 aliphatic rings. The normalized spacial score (nSPS) is 20.1. The fraction of sp³-hybridized carbons (Fsp3) is 0.600. The van der Waals surface area contributed by atoms with E-state index in [9.17, 15) is 0 Å². The van der Waals surface area contributed by atoms with Crippen molar-refractivity contribution in [2.24, 2.45) is 11.8 Å². The molecule has 0 aromatic carbocycles. The quantitative estimate of drug-likeness (QED) is 0.556. The van der Waals surface area contributed by atoms with E-state index in [1.165, 1.54) is 0 Å².